The zero-order chi connectivity index (χ0) is 10.5. The lowest BCUT2D eigenvalue weighted by Crippen LogP contribution is -2.36. The summed E-state index contributed by atoms with van der Waals surface area (Å²) in [5.41, 5.74) is 6.65. The summed E-state index contributed by atoms with van der Waals surface area (Å²) in [5.74, 6) is 0. The van der Waals surface area contributed by atoms with E-state index in [9.17, 15) is 0 Å². The fourth-order valence-electron chi connectivity index (χ4n) is 1.59. The first kappa shape index (κ1) is 10.9. The van der Waals surface area contributed by atoms with E-state index in [0.29, 0.717) is 0 Å². The van der Waals surface area contributed by atoms with Crippen molar-refractivity contribution in [2.75, 3.05) is 37.7 Å². The van der Waals surface area contributed by atoms with Crippen molar-refractivity contribution >= 4 is 16.5 Å². The minimum Gasteiger partial charge on any atom is -0.378 e. The van der Waals surface area contributed by atoms with Crippen LogP contribution in [-0.2, 0) is 11.2 Å². The summed E-state index contributed by atoms with van der Waals surface area (Å²) in [6, 6.07) is 0. The number of nitrogens with zero attached hydrogens (tertiary/aromatic N) is 2. The zero-order valence-corrected chi connectivity index (χ0v) is 9.63. The highest BCUT2D eigenvalue weighted by molar-refractivity contribution is 7.13. The molecule has 1 aliphatic heterocycles. The Labute approximate surface area is 94.1 Å². The maximum atomic E-state index is 5.47. The third kappa shape index (κ3) is 2.90. The summed E-state index contributed by atoms with van der Waals surface area (Å²) in [7, 11) is 0. The molecule has 1 fully saturated rings. The van der Waals surface area contributed by atoms with Crippen LogP contribution in [0.25, 0.3) is 0 Å². The normalized spacial score (nSPS) is 17.0. The van der Waals surface area contributed by atoms with Crippen LogP contribution in [0, 0.1) is 0 Å². The third-order valence-corrected chi connectivity index (χ3v) is 3.41. The van der Waals surface area contributed by atoms with Crippen molar-refractivity contribution in [2.45, 2.75) is 12.8 Å². The van der Waals surface area contributed by atoms with Gasteiger partial charge in [0.2, 0.25) is 0 Å². The monoisotopic (exact) mass is 227 g/mol. The SMILES string of the molecule is NCCCc1csc(N2CCOCC2)n1. The molecule has 5 heteroatoms. The van der Waals surface area contributed by atoms with Gasteiger partial charge < -0.3 is 15.4 Å². The maximum Gasteiger partial charge on any atom is 0.185 e. The smallest absolute Gasteiger partial charge is 0.185 e. The van der Waals surface area contributed by atoms with E-state index in [1.165, 1.54) is 5.69 Å². The highest BCUT2D eigenvalue weighted by Gasteiger charge is 2.14. The van der Waals surface area contributed by atoms with E-state index in [4.69, 9.17) is 10.5 Å². The first-order valence-corrected chi connectivity index (χ1v) is 6.25. The van der Waals surface area contributed by atoms with Crippen LogP contribution in [0.2, 0.25) is 0 Å². The predicted molar refractivity (Wildman–Crippen MR) is 62.5 cm³/mol. The first-order chi connectivity index (χ1) is 7.40. The van der Waals surface area contributed by atoms with Gasteiger partial charge in [0.1, 0.15) is 0 Å². The molecule has 0 atom stereocenters. The fourth-order valence-corrected chi connectivity index (χ4v) is 2.51. The van der Waals surface area contributed by atoms with Crippen LogP contribution >= 0.6 is 11.3 Å². The number of thiazole rings is 1. The van der Waals surface area contributed by atoms with E-state index >= 15 is 0 Å². The number of nitrogens with two attached hydrogens (primary N) is 1. The first-order valence-electron chi connectivity index (χ1n) is 5.37. The molecular formula is C10H17N3OS. The Morgan fingerprint density at radius 2 is 2.27 bits per heavy atom. The predicted octanol–water partition coefficient (Wildman–Crippen LogP) is 0.871. The second kappa shape index (κ2) is 5.44. The van der Waals surface area contributed by atoms with E-state index in [0.717, 1.165) is 50.8 Å². The lowest BCUT2D eigenvalue weighted by Gasteiger charge is -2.26. The van der Waals surface area contributed by atoms with Gasteiger partial charge in [-0.2, -0.15) is 0 Å². The molecule has 2 rings (SSSR count). The second-order valence-electron chi connectivity index (χ2n) is 3.61. The van der Waals surface area contributed by atoms with Gasteiger partial charge in [-0.3, -0.25) is 0 Å². The molecule has 0 aromatic carbocycles. The van der Waals surface area contributed by atoms with Crippen molar-refractivity contribution in [1.82, 2.24) is 4.98 Å². The molecule has 4 nitrogen and oxygen atoms in total. The summed E-state index contributed by atoms with van der Waals surface area (Å²) in [5, 5.41) is 3.27. The lowest BCUT2D eigenvalue weighted by atomic mass is 10.2. The van der Waals surface area contributed by atoms with Crippen LogP contribution in [0.5, 0.6) is 0 Å². The minimum absolute atomic E-state index is 0.740. The molecule has 0 radical (unpaired) electrons. The van der Waals surface area contributed by atoms with Crippen LogP contribution in [0.3, 0.4) is 0 Å². The highest BCUT2D eigenvalue weighted by atomic mass is 32.1. The number of hydrogen-bond donors (Lipinski definition) is 1. The molecule has 1 aliphatic rings. The van der Waals surface area contributed by atoms with Crippen LogP contribution < -0.4 is 10.6 Å². The molecule has 1 saturated heterocycles. The van der Waals surface area contributed by atoms with Crippen molar-refractivity contribution < 1.29 is 4.74 Å². The van der Waals surface area contributed by atoms with Crippen molar-refractivity contribution in [3.05, 3.63) is 11.1 Å². The number of aryl methyl sites for hydroxylation is 1. The molecule has 0 aliphatic carbocycles. The van der Waals surface area contributed by atoms with Gasteiger partial charge in [-0.1, -0.05) is 0 Å². The molecule has 0 spiro atoms. The Morgan fingerprint density at radius 1 is 1.47 bits per heavy atom. The van der Waals surface area contributed by atoms with Crippen LogP contribution in [0.4, 0.5) is 5.13 Å². The Balaban J connectivity index is 1.93. The molecule has 1 aromatic rings. The Hall–Kier alpha value is -0.650. The molecule has 1 aromatic heterocycles. The van der Waals surface area contributed by atoms with Gasteiger partial charge in [-0.05, 0) is 19.4 Å². The molecule has 0 saturated carbocycles. The van der Waals surface area contributed by atoms with Gasteiger partial charge in [0.15, 0.2) is 5.13 Å². The largest absolute Gasteiger partial charge is 0.378 e. The van der Waals surface area contributed by atoms with Crippen LogP contribution in [-0.4, -0.2) is 37.8 Å². The van der Waals surface area contributed by atoms with Gasteiger partial charge in [0.05, 0.1) is 18.9 Å². The van der Waals surface area contributed by atoms with E-state index in [1.54, 1.807) is 11.3 Å². The van der Waals surface area contributed by atoms with Gasteiger partial charge in [0.25, 0.3) is 0 Å². The quantitative estimate of drug-likeness (QED) is 0.829. The van der Waals surface area contributed by atoms with E-state index in [1.807, 2.05) is 0 Å². The van der Waals surface area contributed by atoms with Gasteiger partial charge in [-0.25, -0.2) is 4.98 Å². The molecule has 2 N–H and O–H groups in total. The Kier molecular flexibility index (Phi) is 3.94. The number of ether oxygens (including phenoxy) is 1. The second-order valence-corrected chi connectivity index (χ2v) is 4.45. The number of morpholine rings is 1. The fraction of sp³-hybridized carbons (Fsp3) is 0.700. The molecule has 2 heterocycles. The summed E-state index contributed by atoms with van der Waals surface area (Å²) in [4.78, 5) is 6.90. The van der Waals surface area contributed by atoms with Crippen molar-refractivity contribution in [2.24, 2.45) is 5.73 Å². The third-order valence-electron chi connectivity index (χ3n) is 2.46. The average molecular weight is 227 g/mol. The molecule has 0 bridgehead atoms. The van der Waals surface area contributed by atoms with Crippen molar-refractivity contribution in [3.63, 3.8) is 0 Å². The summed E-state index contributed by atoms with van der Waals surface area (Å²) in [6.45, 7) is 4.30. The minimum atomic E-state index is 0.740. The molecule has 15 heavy (non-hydrogen) atoms. The topological polar surface area (TPSA) is 51.4 Å². The highest BCUT2D eigenvalue weighted by Crippen LogP contribution is 2.21. The summed E-state index contributed by atoms with van der Waals surface area (Å²) < 4.78 is 5.31. The maximum absolute atomic E-state index is 5.47. The molecule has 0 amide bonds. The zero-order valence-electron chi connectivity index (χ0n) is 8.82. The van der Waals surface area contributed by atoms with Gasteiger partial charge >= 0.3 is 0 Å². The van der Waals surface area contributed by atoms with Gasteiger partial charge in [-0.15, -0.1) is 11.3 Å². The standard InChI is InChI=1S/C10H17N3OS/c11-3-1-2-9-8-15-10(12-9)13-4-6-14-7-5-13/h8H,1-7,11H2. The number of anilines is 1. The Morgan fingerprint density at radius 3 is 3.00 bits per heavy atom. The van der Waals surface area contributed by atoms with E-state index in [2.05, 4.69) is 15.3 Å². The van der Waals surface area contributed by atoms with E-state index < -0.39 is 0 Å². The Bertz CT molecular complexity index is 297. The molecular weight excluding hydrogens is 210 g/mol. The van der Waals surface area contributed by atoms with Crippen molar-refractivity contribution in [1.29, 1.82) is 0 Å². The van der Waals surface area contributed by atoms with Gasteiger partial charge in [0, 0.05) is 18.5 Å². The average Bonchev–Trinajstić information content (AvgIpc) is 2.76. The number of hydrogen-bond acceptors (Lipinski definition) is 5. The van der Waals surface area contributed by atoms with Crippen molar-refractivity contribution in [3.8, 4) is 0 Å². The summed E-state index contributed by atoms with van der Waals surface area (Å²) in [6.07, 6.45) is 2.02. The van der Waals surface area contributed by atoms with E-state index in [-0.39, 0.29) is 0 Å². The van der Waals surface area contributed by atoms with Crippen LogP contribution in [0.1, 0.15) is 12.1 Å². The molecule has 0 unspecified atom stereocenters. The number of aromatic nitrogens is 1. The van der Waals surface area contributed by atoms with Crippen LogP contribution in [0.15, 0.2) is 5.38 Å². The number of rotatable bonds is 4. The lowest BCUT2D eigenvalue weighted by molar-refractivity contribution is 0.122. The summed E-state index contributed by atoms with van der Waals surface area (Å²) >= 11 is 1.72. The molecule has 84 valence electrons.